The Morgan fingerprint density at radius 1 is 0.871 bits per heavy atom. The highest BCUT2D eigenvalue weighted by Crippen LogP contribution is 2.33. The summed E-state index contributed by atoms with van der Waals surface area (Å²) in [5, 5.41) is 5.21. The van der Waals surface area contributed by atoms with Crippen molar-refractivity contribution in [3.63, 3.8) is 0 Å². The van der Waals surface area contributed by atoms with Crippen LogP contribution in [0.25, 0.3) is 33.8 Å². The Kier molecular flexibility index (Phi) is 5.47. The van der Waals surface area contributed by atoms with Gasteiger partial charge in [-0.3, -0.25) is 4.98 Å². The first-order valence-corrected chi connectivity index (χ1v) is 11.5. The Morgan fingerprint density at radius 3 is 2.19 bits per heavy atom. The molecule has 0 radical (unpaired) electrons. The van der Waals surface area contributed by atoms with Crippen LogP contribution in [0.4, 0.5) is 0 Å². The molecule has 0 aliphatic heterocycles. The molecule has 158 valence electrons. The lowest BCUT2D eigenvalue weighted by Gasteiger charge is -2.08. The molecular weight excluding hydrogens is 408 g/mol. The summed E-state index contributed by atoms with van der Waals surface area (Å²) in [6.45, 7) is 6.16. The van der Waals surface area contributed by atoms with E-state index in [0.29, 0.717) is 0 Å². The standard InChI is InChI=1S/C24H24N4O2S/c1-15(2)24-27-22(23(28-24)21-9-4-6-16(3)26-21)19-8-5-7-18(14-19)17-10-12-20(13-11-17)31(25,29)30/h4-15H,1-3H3,(H,27,28)(H2,25,29,30). The minimum absolute atomic E-state index is 0.0929. The number of aryl methyl sites for hydroxylation is 1. The molecule has 0 saturated carbocycles. The van der Waals surface area contributed by atoms with Crippen molar-refractivity contribution in [1.82, 2.24) is 15.0 Å². The summed E-state index contributed by atoms with van der Waals surface area (Å²) in [4.78, 5) is 13.1. The van der Waals surface area contributed by atoms with E-state index in [0.717, 1.165) is 45.3 Å². The summed E-state index contributed by atoms with van der Waals surface area (Å²) >= 11 is 0. The average Bonchev–Trinajstić information content (AvgIpc) is 3.19. The van der Waals surface area contributed by atoms with Crippen molar-refractivity contribution in [3.8, 4) is 33.8 Å². The molecular formula is C24H24N4O2S. The summed E-state index contributed by atoms with van der Waals surface area (Å²) in [6.07, 6.45) is 0. The second-order valence-corrected chi connectivity index (χ2v) is 9.38. The lowest BCUT2D eigenvalue weighted by Crippen LogP contribution is -2.11. The van der Waals surface area contributed by atoms with Gasteiger partial charge in [0.2, 0.25) is 10.0 Å². The van der Waals surface area contributed by atoms with Crippen LogP contribution in [0.2, 0.25) is 0 Å². The van der Waals surface area contributed by atoms with Gasteiger partial charge in [-0.15, -0.1) is 0 Å². The molecule has 31 heavy (non-hydrogen) atoms. The molecule has 0 aliphatic carbocycles. The third kappa shape index (κ3) is 4.42. The third-order valence-electron chi connectivity index (χ3n) is 5.07. The Balaban J connectivity index is 1.81. The molecule has 6 nitrogen and oxygen atoms in total. The molecule has 4 aromatic rings. The Bertz CT molecular complexity index is 1340. The van der Waals surface area contributed by atoms with Crippen molar-refractivity contribution >= 4 is 10.0 Å². The summed E-state index contributed by atoms with van der Waals surface area (Å²) in [6, 6.07) is 20.5. The molecule has 0 spiro atoms. The van der Waals surface area contributed by atoms with E-state index < -0.39 is 10.0 Å². The van der Waals surface area contributed by atoms with Crippen LogP contribution in [-0.2, 0) is 10.0 Å². The van der Waals surface area contributed by atoms with Crippen LogP contribution in [0.15, 0.2) is 71.6 Å². The zero-order chi connectivity index (χ0) is 22.2. The lowest BCUT2D eigenvalue weighted by molar-refractivity contribution is 0.598. The zero-order valence-electron chi connectivity index (χ0n) is 17.6. The molecule has 0 unspecified atom stereocenters. The number of nitrogens with one attached hydrogen (secondary N) is 1. The number of primary sulfonamides is 1. The van der Waals surface area contributed by atoms with E-state index in [4.69, 9.17) is 10.1 Å². The van der Waals surface area contributed by atoms with Crippen molar-refractivity contribution in [2.45, 2.75) is 31.6 Å². The highest BCUT2D eigenvalue weighted by Gasteiger charge is 2.17. The van der Waals surface area contributed by atoms with E-state index in [2.05, 4.69) is 29.9 Å². The Labute approximate surface area is 182 Å². The summed E-state index contributed by atoms with van der Waals surface area (Å²) in [5.74, 6) is 1.14. The molecule has 4 rings (SSSR count). The number of nitrogens with zero attached hydrogens (tertiary/aromatic N) is 2. The maximum Gasteiger partial charge on any atom is 0.238 e. The van der Waals surface area contributed by atoms with Crippen LogP contribution in [0.5, 0.6) is 0 Å². The van der Waals surface area contributed by atoms with Gasteiger partial charge in [0.05, 0.1) is 16.3 Å². The van der Waals surface area contributed by atoms with E-state index in [-0.39, 0.29) is 10.8 Å². The normalized spacial score (nSPS) is 11.8. The SMILES string of the molecule is Cc1cccc(-c2nc(C(C)C)[nH]c2-c2cccc(-c3ccc(S(N)(=O)=O)cc3)c2)n1. The summed E-state index contributed by atoms with van der Waals surface area (Å²) in [5.41, 5.74) is 6.31. The van der Waals surface area contributed by atoms with Crippen LogP contribution in [0.1, 0.15) is 31.3 Å². The van der Waals surface area contributed by atoms with Gasteiger partial charge >= 0.3 is 0 Å². The van der Waals surface area contributed by atoms with Crippen LogP contribution >= 0.6 is 0 Å². The summed E-state index contributed by atoms with van der Waals surface area (Å²) in [7, 11) is -3.72. The number of nitrogens with two attached hydrogens (primary N) is 1. The van der Waals surface area contributed by atoms with Gasteiger partial charge in [-0.1, -0.05) is 50.2 Å². The number of pyridine rings is 1. The number of imidazole rings is 1. The zero-order valence-corrected chi connectivity index (χ0v) is 18.4. The van der Waals surface area contributed by atoms with Crippen molar-refractivity contribution < 1.29 is 8.42 Å². The maximum atomic E-state index is 11.5. The number of sulfonamides is 1. The molecule has 3 N–H and O–H groups in total. The van der Waals surface area contributed by atoms with Crippen LogP contribution in [0.3, 0.4) is 0 Å². The van der Waals surface area contributed by atoms with Crippen LogP contribution < -0.4 is 5.14 Å². The predicted molar refractivity (Wildman–Crippen MR) is 123 cm³/mol. The van der Waals surface area contributed by atoms with Crippen molar-refractivity contribution in [2.75, 3.05) is 0 Å². The molecule has 2 heterocycles. The fourth-order valence-corrected chi connectivity index (χ4v) is 3.94. The first kappa shape index (κ1) is 21.0. The number of hydrogen-bond acceptors (Lipinski definition) is 4. The molecule has 0 aliphatic rings. The Morgan fingerprint density at radius 2 is 1.55 bits per heavy atom. The monoisotopic (exact) mass is 432 g/mol. The number of benzene rings is 2. The van der Waals surface area contributed by atoms with E-state index in [1.165, 1.54) is 12.1 Å². The number of H-pyrrole nitrogens is 1. The highest BCUT2D eigenvalue weighted by molar-refractivity contribution is 7.89. The Hall–Kier alpha value is -3.29. The van der Waals surface area contributed by atoms with Gasteiger partial charge in [-0.2, -0.15) is 0 Å². The molecule has 0 saturated heterocycles. The van der Waals surface area contributed by atoms with Crippen molar-refractivity contribution in [2.24, 2.45) is 5.14 Å². The van der Waals surface area contributed by atoms with E-state index in [9.17, 15) is 8.42 Å². The van der Waals surface area contributed by atoms with Crippen LogP contribution in [-0.4, -0.2) is 23.4 Å². The molecule has 0 atom stereocenters. The lowest BCUT2D eigenvalue weighted by atomic mass is 10.0. The van der Waals surface area contributed by atoms with Gasteiger partial charge in [-0.05, 0) is 48.4 Å². The van der Waals surface area contributed by atoms with E-state index in [1.807, 2.05) is 43.3 Å². The van der Waals surface area contributed by atoms with Gasteiger partial charge < -0.3 is 4.98 Å². The second-order valence-electron chi connectivity index (χ2n) is 7.81. The minimum Gasteiger partial charge on any atom is -0.341 e. The third-order valence-corrected chi connectivity index (χ3v) is 6.00. The molecule has 0 amide bonds. The number of aromatic nitrogens is 3. The fraction of sp³-hybridized carbons (Fsp3) is 0.167. The van der Waals surface area contributed by atoms with Crippen molar-refractivity contribution in [3.05, 3.63) is 78.2 Å². The fourth-order valence-electron chi connectivity index (χ4n) is 3.43. The van der Waals surface area contributed by atoms with E-state index in [1.54, 1.807) is 12.1 Å². The molecule has 2 aromatic carbocycles. The molecule has 0 bridgehead atoms. The van der Waals surface area contributed by atoms with Gasteiger partial charge in [-0.25, -0.2) is 18.5 Å². The number of rotatable bonds is 5. The van der Waals surface area contributed by atoms with E-state index >= 15 is 0 Å². The number of hydrogen-bond donors (Lipinski definition) is 2. The quantitative estimate of drug-likeness (QED) is 0.469. The van der Waals surface area contributed by atoms with Gasteiger partial charge in [0.1, 0.15) is 11.5 Å². The second kappa shape index (κ2) is 8.09. The molecule has 2 aromatic heterocycles. The smallest absolute Gasteiger partial charge is 0.238 e. The first-order chi connectivity index (χ1) is 14.7. The van der Waals surface area contributed by atoms with Gasteiger partial charge in [0, 0.05) is 17.2 Å². The summed E-state index contributed by atoms with van der Waals surface area (Å²) < 4.78 is 23.1. The topological polar surface area (TPSA) is 102 Å². The predicted octanol–water partition coefficient (Wildman–Crippen LogP) is 4.88. The van der Waals surface area contributed by atoms with Gasteiger partial charge in [0.15, 0.2) is 0 Å². The maximum absolute atomic E-state index is 11.5. The largest absolute Gasteiger partial charge is 0.341 e. The van der Waals surface area contributed by atoms with Gasteiger partial charge in [0.25, 0.3) is 0 Å². The number of aromatic amines is 1. The highest BCUT2D eigenvalue weighted by atomic mass is 32.2. The molecule has 0 fully saturated rings. The minimum atomic E-state index is -3.72. The average molecular weight is 433 g/mol. The molecule has 7 heteroatoms. The first-order valence-electron chi connectivity index (χ1n) is 10.00. The van der Waals surface area contributed by atoms with Crippen molar-refractivity contribution in [1.29, 1.82) is 0 Å². The van der Waals surface area contributed by atoms with Crippen LogP contribution in [0, 0.1) is 6.92 Å².